The second kappa shape index (κ2) is 5.15. The quantitative estimate of drug-likeness (QED) is 0.588. The van der Waals surface area contributed by atoms with Crippen molar-refractivity contribution in [3.05, 3.63) is 29.8 Å². The van der Waals surface area contributed by atoms with Gasteiger partial charge in [-0.15, -0.1) is 0 Å². The van der Waals surface area contributed by atoms with Crippen LogP contribution in [-0.2, 0) is 0 Å². The first-order chi connectivity index (χ1) is 7.04. The first-order valence-corrected chi connectivity index (χ1v) is 8.78. The largest absolute Gasteiger partial charge is 0.309 e. The molecule has 0 heterocycles. The highest BCUT2D eigenvalue weighted by molar-refractivity contribution is 6.88. The molecule has 2 heteroatoms. The summed E-state index contributed by atoms with van der Waals surface area (Å²) in [5.74, 6) is 6.25. The molecule has 1 N–H and O–H groups in total. The molecular formula is C13H19NSi. The maximum atomic E-state index is 3.17. The number of rotatable bonds is 2. The van der Waals surface area contributed by atoms with Gasteiger partial charge in [0.05, 0.1) is 14.6 Å². The van der Waals surface area contributed by atoms with Gasteiger partial charge in [-0.1, -0.05) is 48.8 Å². The van der Waals surface area contributed by atoms with Crippen molar-refractivity contribution in [3.63, 3.8) is 0 Å². The summed E-state index contributed by atoms with van der Waals surface area (Å²) in [4.78, 5) is 0. The second-order valence-electron chi connectivity index (χ2n) is 4.66. The molecule has 15 heavy (non-hydrogen) atoms. The van der Waals surface area contributed by atoms with Gasteiger partial charge in [-0.05, 0) is 19.2 Å². The predicted octanol–water partition coefficient (Wildman–Crippen LogP) is 1.80. The minimum Gasteiger partial charge on any atom is -0.309 e. The van der Waals surface area contributed by atoms with Crippen molar-refractivity contribution in [3.8, 4) is 11.8 Å². The normalized spacial score (nSPS) is 10.7. The number of benzene rings is 1. The molecule has 0 saturated heterocycles. The van der Waals surface area contributed by atoms with Crippen LogP contribution in [0.15, 0.2) is 24.3 Å². The van der Waals surface area contributed by atoms with Crippen LogP contribution in [-0.4, -0.2) is 21.7 Å². The van der Waals surface area contributed by atoms with E-state index in [1.54, 1.807) is 0 Å². The van der Waals surface area contributed by atoms with Crippen molar-refractivity contribution >= 4 is 13.3 Å². The fourth-order valence-corrected chi connectivity index (χ4v) is 2.48. The van der Waals surface area contributed by atoms with Crippen LogP contribution in [0.4, 0.5) is 0 Å². The van der Waals surface area contributed by atoms with E-state index in [0.717, 1.165) is 12.1 Å². The van der Waals surface area contributed by atoms with E-state index in [0.29, 0.717) is 0 Å². The van der Waals surface area contributed by atoms with Gasteiger partial charge in [0, 0.05) is 5.56 Å². The van der Waals surface area contributed by atoms with Crippen LogP contribution in [0.2, 0.25) is 19.6 Å². The van der Waals surface area contributed by atoms with Gasteiger partial charge < -0.3 is 5.32 Å². The zero-order valence-electron chi connectivity index (χ0n) is 10.0. The summed E-state index contributed by atoms with van der Waals surface area (Å²) in [5, 5.41) is 4.49. The fourth-order valence-electron chi connectivity index (χ4n) is 1.30. The average Bonchev–Trinajstić information content (AvgIpc) is 2.17. The summed E-state index contributed by atoms with van der Waals surface area (Å²) in [6.07, 6.45) is 0. The van der Waals surface area contributed by atoms with E-state index in [9.17, 15) is 0 Å². The van der Waals surface area contributed by atoms with Crippen molar-refractivity contribution in [2.75, 3.05) is 13.6 Å². The van der Waals surface area contributed by atoms with E-state index >= 15 is 0 Å². The SMILES string of the molecule is CNCC#Cc1cccc([Si](C)(C)C)c1. The highest BCUT2D eigenvalue weighted by Crippen LogP contribution is 2.04. The van der Waals surface area contributed by atoms with Gasteiger partial charge >= 0.3 is 0 Å². The standard InChI is InChI=1S/C13H19NSi/c1-14-10-6-8-12-7-5-9-13(11-12)15(2,3)4/h5,7,9,11,14H,10H2,1-4H3. The van der Waals surface area contributed by atoms with Crippen molar-refractivity contribution in [2.24, 2.45) is 0 Å². The summed E-state index contributed by atoms with van der Waals surface area (Å²) < 4.78 is 0. The van der Waals surface area contributed by atoms with Gasteiger partial charge in [0.2, 0.25) is 0 Å². The van der Waals surface area contributed by atoms with Crippen molar-refractivity contribution in [1.82, 2.24) is 5.32 Å². The van der Waals surface area contributed by atoms with Crippen LogP contribution in [0, 0.1) is 11.8 Å². The lowest BCUT2D eigenvalue weighted by Crippen LogP contribution is -2.37. The van der Waals surface area contributed by atoms with Crippen LogP contribution >= 0.6 is 0 Å². The molecule has 0 unspecified atom stereocenters. The lowest BCUT2D eigenvalue weighted by Gasteiger charge is -2.16. The van der Waals surface area contributed by atoms with Gasteiger partial charge in [-0.25, -0.2) is 0 Å². The first-order valence-electron chi connectivity index (χ1n) is 5.28. The number of nitrogens with one attached hydrogen (secondary N) is 1. The molecule has 1 aromatic carbocycles. The Bertz CT molecular complexity index is 380. The Morgan fingerprint density at radius 1 is 1.27 bits per heavy atom. The lowest BCUT2D eigenvalue weighted by molar-refractivity contribution is 0.938. The Morgan fingerprint density at radius 2 is 2.00 bits per heavy atom. The maximum Gasteiger partial charge on any atom is 0.0776 e. The van der Waals surface area contributed by atoms with E-state index in [4.69, 9.17) is 0 Å². The van der Waals surface area contributed by atoms with Crippen molar-refractivity contribution in [2.45, 2.75) is 19.6 Å². The van der Waals surface area contributed by atoms with E-state index in [-0.39, 0.29) is 0 Å². The lowest BCUT2D eigenvalue weighted by atomic mass is 10.2. The average molecular weight is 217 g/mol. The molecule has 0 fully saturated rings. The van der Waals surface area contributed by atoms with E-state index < -0.39 is 8.07 Å². The van der Waals surface area contributed by atoms with Gasteiger partial charge in [-0.2, -0.15) is 0 Å². The monoisotopic (exact) mass is 217 g/mol. The number of hydrogen-bond acceptors (Lipinski definition) is 1. The molecule has 1 aromatic rings. The van der Waals surface area contributed by atoms with Gasteiger partial charge in [0.15, 0.2) is 0 Å². The summed E-state index contributed by atoms with van der Waals surface area (Å²) in [6.45, 7) is 7.81. The van der Waals surface area contributed by atoms with E-state index in [1.165, 1.54) is 5.19 Å². The number of hydrogen-bond donors (Lipinski definition) is 1. The van der Waals surface area contributed by atoms with Crippen LogP contribution in [0.5, 0.6) is 0 Å². The van der Waals surface area contributed by atoms with E-state index in [1.807, 2.05) is 7.05 Å². The topological polar surface area (TPSA) is 12.0 Å². The van der Waals surface area contributed by atoms with Crippen LogP contribution in [0.1, 0.15) is 5.56 Å². The molecule has 1 nitrogen and oxygen atoms in total. The first kappa shape index (κ1) is 12.0. The molecular weight excluding hydrogens is 198 g/mol. The van der Waals surface area contributed by atoms with E-state index in [2.05, 4.69) is 61.1 Å². The van der Waals surface area contributed by atoms with Gasteiger partial charge in [-0.3, -0.25) is 0 Å². The third-order valence-electron chi connectivity index (χ3n) is 2.23. The summed E-state index contributed by atoms with van der Waals surface area (Å²) in [6, 6.07) is 8.63. The van der Waals surface area contributed by atoms with Crippen LogP contribution in [0.25, 0.3) is 0 Å². The zero-order valence-corrected chi connectivity index (χ0v) is 11.0. The minimum atomic E-state index is -1.20. The molecule has 0 atom stereocenters. The summed E-state index contributed by atoms with van der Waals surface area (Å²) >= 11 is 0. The Labute approximate surface area is 93.9 Å². The molecule has 0 aliphatic carbocycles. The Kier molecular flexibility index (Phi) is 4.13. The highest BCUT2D eigenvalue weighted by Gasteiger charge is 2.15. The Balaban J connectivity index is 2.90. The van der Waals surface area contributed by atoms with Crippen molar-refractivity contribution < 1.29 is 0 Å². The molecule has 0 amide bonds. The molecule has 0 aromatic heterocycles. The fraction of sp³-hybridized carbons (Fsp3) is 0.385. The molecule has 0 radical (unpaired) electrons. The maximum absolute atomic E-state index is 3.17. The highest BCUT2D eigenvalue weighted by atomic mass is 28.3. The Morgan fingerprint density at radius 3 is 2.60 bits per heavy atom. The van der Waals surface area contributed by atoms with Gasteiger partial charge in [0.25, 0.3) is 0 Å². The predicted molar refractivity (Wildman–Crippen MR) is 70.2 cm³/mol. The summed E-state index contributed by atoms with van der Waals surface area (Å²) in [5.41, 5.74) is 1.13. The molecule has 0 saturated carbocycles. The van der Waals surface area contributed by atoms with Crippen LogP contribution in [0.3, 0.4) is 0 Å². The zero-order chi connectivity index (χ0) is 11.3. The molecule has 1 rings (SSSR count). The molecule has 0 aliphatic heterocycles. The van der Waals surface area contributed by atoms with Gasteiger partial charge in [0.1, 0.15) is 0 Å². The molecule has 80 valence electrons. The summed E-state index contributed by atoms with van der Waals surface area (Å²) in [7, 11) is 0.714. The molecule has 0 bridgehead atoms. The third-order valence-corrected chi connectivity index (χ3v) is 4.27. The molecule has 0 spiro atoms. The molecule has 0 aliphatic rings. The third kappa shape index (κ3) is 3.91. The van der Waals surface area contributed by atoms with Crippen LogP contribution < -0.4 is 10.5 Å². The van der Waals surface area contributed by atoms with Crippen molar-refractivity contribution in [1.29, 1.82) is 0 Å². The smallest absolute Gasteiger partial charge is 0.0776 e. The minimum absolute atomic E-state index is 0.747. The Hall–Kier alpha value is -1.04. The second-order valence-corrected chi connectivity index (χ2v) is 9.74.